The van der Waals surface area contributed by atoms with E-state index in [1.54, 1.807) is 0 Å². The monoisotopic (exact) mass is 298 g/mol. The average molecular weight is 299 g/mol. The first kappa shape index (κ1) is 15.4. The quantitative estimate of drug-likeness (QED) is 0.908. The lowest BCUT2D eigenvalue weighted by Gasteiger charge is -2.18. The Balaban J connectivity index is 0.00000147. The molecule has 1 aromatic carbocycles. The van der Waals surface area contributed by atoms with E-state index in [0.29, 0.717) is 12.0 Å². The highest BCUT2D eigenvalue weighted by atomic mass is 35.5. The topological polar surface area (TPSA) is 47.7 Å². The second kappa shape index (κ2) is 6.66. The van der Waals surface area contributed by atoms with E-state index in [9.17, 15) is 0 Å². The van der Waals surface area contributed by atoms with E-state index >= 15 is 0 Å². The summed E-state index contributed by atoms with van der Waals surface area (Å²) in [5, 5.41) is 0. The molecule has 2 aliphatic heterocycles. The maximum atomic E-state index is 6.09. The summed E-state index contributed by atoms with van der Waals surface area (Å²) in [6.07, 6.45) is 0.944. The smallest absolute Gasteiger partial charge is 0.165 e. The molecular formula is C15H23ClN2O2. The second-order valence-electron chi connectivity index (χ2n) is 5.63. The Morgan fingerprint density at radius 2 is 2.05 bits per heavy atom. The molecule has 20 heavy (non-hydrogen) atoms. The highest BCUT2D eigenvalue weighted by Gasteiger charge is 2.27. The van der Waals surface area contributed by atoms with Crippen LogP contribution in [0.1, 0.15) is 18.9 Å². The largest absolute Gasteiger partial charge is 0.490 e. The highest BCUT2D eigenvalue weighted by Crippen LogP contribution is 2.34. The van der Waals surface area contributed by atoms with E-state index in [2.05, 4.69) is 17.9 Å². The van der Waals surface area contributed by atoms with Crippen LogP contribution in [0.25, 0.3) is 0 Å². The third-order valence-corrected chi connectivity index (χ3v) is 3.99. The number of fused-ring (bicyclic) bond motifs is 1. The number of hydrogen-bond donors (Lipinski definition) is 1. The Kier molecular flexibility index (Phi) is 5.13. The molecular weight excluding hydrogens is 276 g/mol. The number of nitrogens with two attached hydrogens (primary N) is 1. The molecule has 4 nitrogen and oxygen atoms in total. The van der Waals surface area contributed by atoms with Gasteiger partial charge in [-0.05, 0) is 12.0 Å². The lowest BCUT2D eigenvalue weighted by atomic mass is 10.1. The predicted octanol–water partition coefficient (Wildman–Crippen LogP) is 2.05. The molecule has 5 heteroatoms. The normalized spacial score (nSPS) is 25.9. The molecule has 2 N–H and O–H groups in total. The lowest BCUT2D eigenvalue weighted by Crippen LogP contribution is -2.28. The molecule has 1 aromatic rings. The van der Waals surface area contributed by atoms with Gasteiger partial charge in [-0.15, -0.1) is 12.4 Å². The van der Waals surface area contributed by atoms with Gasteiger partial charge >= 0.3 is 0 Å². The molecule has 0 spiro atoms. The maximum absolute atomic E-state index is 6.09. The van der Waals surface area contributed by atoms with Crippen LogP contribution in [-0.2, 0) is 6.54 Å². The van der Waals surface area contributed by atoms with Crippen LogP contribution in [0.3, 0.4) is 0 Å². The number of nitrogens with zero attached hydrogens (tertiary/aromatic N) is 1. The lowest BCUT2D eigenvalue weighted by molar-refractivity contribution is 0.287. The van der Waals surface area contributed by atoms with E-state index in [1.165, 1.54) is 5.56 Å². The standard InChI is InChI=1S/C15H22N2O2.ClH/c1-11-8-17(10-13(11)16)9-12-4-2-5-14-15(12)19-7-3-6-18-14;/h2,4-5,11,13H,3,6-10,16H2,1H3;1H. The van der Waals surface area contributed by atoms with Crippen LogP contribution in [0.2, 0.25) is 0 Å². The van der Waals surface area contributed by atoms with Gasteiger partial charge in [0.2, 0.25) is 0 Å². The third kappa shape index (κ3) is 3.19. The SMILES string of the molecule is CC1CN(Cc2cccc3c2OCCCO3)CC1N.Cl. The van der Waals surface area contributed by atoms with Crippen molar-refractivity contribution >= 4 is 12.4 Å². The molecule has 112 valence electrons. The summed E-state index contributed by atoms with van der Waals surface area (Å²) < 4.78 is 11.6. The van der Waals surface area contributed by atoms with Crippen LogP contribution in [0.5, 0.6) is 11.5 Å². The Morgan fingerprint density at radius 3 is 2.80 bits per heavy atom. The summed E-state index contributed by atoms with van der Waals surface area (Å²) in [5.41, 5.74) is 7.30. The Labute approximate surface area is 126 Å². The number of para-hydroxylation sites is 1. The molecule has 0 radical (unpaired) electrons. The number of halogens is 1. The molecule has 1 fully saturated rings. The highest BCUT2D eigenvalue weighted by molar-refractivity contribution is 5.85. The summed E-state index contributed by atoms with van der Waals surface area (Å²) in [7, 11) is 0. The van der Waals surface area contributed by atoms with Crippen LogP contribution in [0.4, 0.5) is 0 Å². The van der Waals surface area contributed by atoms with Gasteiger partial charge in [0, 0.05) is 37.7 Å². The fraction of sp³-hybridized carbons (Fsp3) is 0.600. The molecule has 2 heterocycles. The average Bonchev–Trinajstić information content (AvgIpc) is 2.62. The number of benzene rings is 1. The predicted molar refractivity (Wildman–Crippen MR) is 81.7 cm³/mol. The molecule has 0 saturated carbocycles. The van der Waals surface area contributed by atoms with Crippen molar-refractivity contribution in [2.45, 2.75) is 25.9 Å². The molecule has 0 aliphatic carbocycles. The number of likely N-dealkylation sites (tertiary alicyclic amines) is 1. The first-order valence-electron chi connectivity index (χ1n) is 7.09. The molecule has 1 saturated heterocycles. The summed E-state index contributed by atoms with van der Waals surface area (Å²) in [4.78, 5) is 2.40. The van der Waals surface area contributed by atoms with Gasteiger partial charge in [-0.3, -0.25) is 4.90 Å². The van der Waals surface area contributed by atoms with E-state index in [-0.39, 0.29) is 12.4 Å². The summed E-state index contributed by atoms with van der Waals surface area (Å²) in [5.74, 6) is 2.37. The number of hydrogen-bond acceptors (Lipinski definition) is 4. The van der Waals surface area contributed by atoms with E-state index < -0.39 is 0 Å². The maximum Gasteiger partial charge on any atom is 0.165 e. The van der Waals surface area contributed by atoms with E-state index in [0.717, 1.165) is 50.8 Å². The van der Waals surface area contributed by atoms with Crippen molar-refractivity contribution in [3.8, 4) is 11.5 Å². The van der Waals surface area contributed by atoms with E-state index in [1.807, 2.05) is 12.1 Å². The zero-order valence-corrected chi connectivity index (χ0v) is 12.7. The van der Waals surface area contributed by atoms with Crippen molar-refractivity contribution in [1.82, 2.24) is 4.90 Å². The minimum atomic E-state index is 0. The van der Waals surface area contributed by atoms with Crippen molar-refractivity contribution < 1.29 is 9.47 Å². The van der Waals surface area contributed by atoms with Gasteiger partial charge in [0.15, 0.2) is 11.5 Å². The van der Waals surface area contributed by atoms with Gasteiger partial charge in [0.1, 0.15) is 0 Å². The van der Waals surface area contributed by atoms with E-state index in [4.69, 9.17) is 15.2 Å². The zero-order chi connectivity index (χ0) is 13.2. The van der Waals surface area contributed by atoms with Gasteiger partial charge in [0.05, 0.1) is 13.2 Å². The molecule has 0 amide bonds. The molecule has 0 bridgehead atoms. The molecule has 0 aromatic heterocycles. The fourth-order valence-electron chi connectivity index (χ4n) is 2.84. The van der Waals surface area contributed by atoms with Crippen LogP contribution >= 0.6 is 12.4 Å². The van der Waals surface area contributed by atoms with Crippen molar-refractivity contribution in [2.24, 2.45) is 11.7 Å². The summed E-state index contributed by atoms with van der Waals surface area (Å²) in [6, 6.07) is 6.45. The second-order valence-corrected chi connectivity index (χ2v) is 5.63. The molecule has 3 rings (SSSR count). The number of rotatable bonds is 2. The summed E-state index contributed by atoms with van der Waals surface area (Å²) in [6.45, 7) is 6.61. The van der Waals surface area contributed by atoms with Crippen molar-refractivity contribution in [2.75, 3.05) is 26.3 Å². The molecule has 2 atom stereocenters. The molecule has 2 unspecified atom stereocenters. The van der Waals surface area contributed by atoms with Crippen molar-refractivity contribution in [3.05, 3.63) is 23.8 Å². The van der Waals surface area contributed by atoms with Gasteiger partial charge < -0.3 is 15.2 Å². The Morgan fingerprint density at radius 1 is 1.25 bits per heavy atom. The first-order chi connectivity index (χ1) is 9.24. The third-order valence-electron chi connectivity index (χ3n) is 3.99. The number of ether oxygens (including phenoxy) is 2. The van der Waals surface area contributed by atoms with Gasteiger partial charge in [-0.2, -0.15) is 0 Å². The van der Waals surface area contributed by atoms with Crippen LogP contribution in [-0.4, -0.2) is 37.2 Å². The van der Waals surface area contributed by atoms with Gasteiger partial charge in [-0.25, -0.2) is 0 Å². The zero-order valence-electron chi connectivity index (χ0n) is 11.9. The summed E-state index contributed by atoms with van der Waals surface area (Å²) >= 11 is 0. The Hall–Kier alpha value is -0.970. The minimum Gasteiger partial charge on any atom is -0.490 e. The molecule has 2 aliphatic rings. The Bertz CT molecular complexity index is 445. The fourth-order valence-corrected chi connectivity index (χ4v) is 2.84. The van der Waals surface area contributed by atoms with Crippen LogP contribution in [0, 0.1) is 5.92 Å². The van der Waals surface area contributed by atoms with Crippen LogP contribution < -0.4 is 15.2 Å². The first-order valence-corrected chi connectivity index (χ1v) is 7.09. The van der Waals surface area contributed by atoms with Gasteiger partial charge in [-0.1, -0.05) is 19.1 Å². The van der Waals surface area contributed by atoms with Crippen LogP contribution in [0.15, 0.2) is 18.2 Å². The van der Waals surface area contributed by atoms with Gasteiger partial charge in [0.25, 0.3) is 0 Å². The van der Waals surface area contributed by atoms with Crippen molar-refractivity contribution in [3.63, 3.8) is 0 Å². The minimum absolute atomic E-state index is 0. The van der Waals surface area contributed by atoms with Crippen molar-refractivity contribution in [1.29, 1.82) is 0 Å².